The molecular formula is C27H37N7O. The second kappa shape index (κ2) is 9.41. The summed E-state index contributed by atoms with van der Waals surface area (Å²) in [6, 6.07) is 7.78. The summed E-state index contributed by atoms with van der Waals surface area (Å²) < 4.78 is 0. The zero-order valence-electron chi connectivity index (χ0n) is 21.8. The van der Waals surface area contributed by atoms with Crippen molar-refractivity contribution in [3.05, 3.63) is 42.2 Å². The van der Waals surface area contributed by atoms with Crippen molar-refractivity contribution in [1.29, 1.82) is 0 Å². The predicted octanol–water partition coefficient (Wildman–Crippen LogP) is 5.10. The van der Waals surface area contributed by atoms with Gasteiger partial charge in [0.15, 0.2) is 5.65 Å². The monoisotopic (exact) mass is 475 g/mol. The maximum absolute atomic E-state index is 10.8. The van der Waals surface area contributed by atoms with Gasteiger partial charge in [0.25, 0.3) is 0 Å². The van der Waals surface area contributed by atoms with E-state index in [9.17, 15) is 5.11 Å². The van der Waals surface area contributed by atoms with Gasteiger partial charge in [0.1, 0.15) is 17.1 Å². The summed E-state index contributed by atoms with van der Waals surface area (Å²) in [5.41, 5.74) is 4.56. The molecule has 186 valence electrons. The van der Waals surface area contributed by atoms with Crippen LogP contribution in [0.15, 0.2) is 46.9 Å². The lowest BCUT2D eigenvalue weighted by atomic mass is 9.79. The molecule has 4 rings (SSSR count). The number of aromatic amines is 1. The quantitative estimate of drug-likeness (QED) is 0.271. The number of phenols is 1. The fraction of sp³-hybridized carbons (Fsp3) is 0.481. The highest BCUT2D eigenvalue weighted by Crippen LogP contribution is 2.31. The van der Waals surface area contributed by atoms with E-state index in [1.165, 1.54) is 0 Å². The zero-order chi connectivity index (χ0) is 25.4. The molecular weight excluding hydrogens is 438 g/mol. The number of aromatic hydroxyl groups is 1. The van der Waals surface area contributed by atoms with Gasteiger partial charge in [0, 0.05) is 41.5 Å². The Morgan fingerprint density at radius 1 is 1.14 bits per heavy atom. The van der Waals surface area contributed by atoms with E-state index in [1.54, 1.807) is 12.3 Å². The first-order valence-electron chi connectivity index (χ1n) is 12.3. The number of hydrogen-bond acceptors (Lipinski definition) is 6. The molecule has 0 amide bonds. The molecule has 0 atom stereocenters. The van der Waals surface area contributed by atoms with Crippen LogP contribution in [0.4, 0.5) is 0 Å². The van der Waals surface area contributed by atoms with Crippen molar-refractivity contribution in [1.82, 2.24) is 25.2 Å². The standard InChI is InChI=1S/C27H37N7O/c1-8-21(32-31-17(2)34(7)19-14-26(3,4)33-27(5,6)15-19)20-10-9-18(13-24(20)35)23-16-29-25-22(30-23)11-12-28-25/h9-13,16,19,33,35H,8,14-15H2,1-7H3,(H,28,29)/b31-17+,32-21+. The molecule has 8 nitrogen and oxygen atoms in total. The van der Waals surface area contributed by atoms with Crippen LogP contribution in [0.25, 0.3) is 22.4 Å². The van der Waals surface area contributed by atoms with Gasteiger partial charge in [-0.15, -0.1) is 5.10 Å². The highest BCUT2D eigenvalue weighted by atomic mass is 16.3. The summed E-state index contributed by atoms with van der Waals surface area (Å²) in [5, 5.41) is 23.7. The fourth-order valence-electron chi connectivity index (χ4n) is 5.23. The van der Waals surface area contributed by atoms with Gasteiger partial charge >= 0.3 is 0 Å². The van der Waals surface area contributed by atoms with Crippen molar-refractivity contribution in [2.45, 2.75) is 77.9 Å². The Balaban J connectivity index is 1.55. The molecule has 1 aromatic carbocycles. The third-order valence-electron chi connectivity index (χ3n) is 6.74. The van der Waals surface area contributed by atoms with Crippen LogP contribution in [0, 0.1) is 0 Å². The SMILES string of the molecule is CC/C(=N\N=C(/C)N(C)C1CC(C)(C)NC(C)(C)C1)c1ccc(-c2cnc3[nH]ccc3n2)cc1O. The van der Waals surface area contributed by atoms with Gasteiger partial charge in [0.2, 0.25) is 0 Å². The largest absolute Gasteiger partial charge is 0.507 e. The molecule has 1 aliphatic rings. The molecule has 1 saturated heterocycles. The number of phenolic OH excluding ortho intramolecular Hbond substituents is 1. The van der Waals surface area contributed by atoms with Crippen molar-refractivity contribution in [2.75, 3.05) is 7.05 Å². The number of H-pyrrole nitrogens is 1. The van der Waals surface area contributed by atoms with Crippen molar-refractivity contribution in [3.63, 3.8) is 0 Å². The average molecular weight is 476 g/mol. The fourth-order valence-corrected chi connectivity index (χ4v) is 5.23. The molecule has 3 N–H and O–H groups in total. The first kappa shape index (κ1) is 24.9. The molecule has 1 fully saturated rings. The smallest absolute Gasteiger partial charge is 0.156 e. The van der Waals surface area contributed by atoms with Crippen LogP contribution in [-0.4, -0.2) is 60.7 Å². The van der Waals surface area contributed by atoms with E-state index < -0.39 is 0 Å². The first-order valence-corrected chi connectivity index (χ1v) is 12.3. The van der Waals surface area contributed by atoms with Gasteiger partial charge < -0.3 is 20.3 Å². The lowest BCUT2D eigenvalue weighted by Crippen LogP contribution is -2.62. The van der Waals surface area contributed by atoms with Crippen LogP contribution >= 0.6 is 0 Å². The summed E-state index contributed by atoms with van der Waals surface area (Å²) >= 11 is 0. The van der Waals surface area contributed by atoms with Crippen LogP contribution < -0.4 is 5.32 Å². The maximum Gasteiger partial charge on any atom is 0.156 e. The Kier molecular flexibility index (Phi) is 6.68. The third kappa shape index (κ3) is 5.53. The predicted molar refractivity (Wildman–Crippen MR) is 143 cm³/mol. The summed E-state index contributed by atoms with van der Waals surface area (Å²) in [4.78, 5) is 14.3. The van der Waals surface area contributed by atoms with E-state index in [1.807, 2.05) is 38.2 Å². The van der Waals surface area contributed by atoms with Crippen LogP contribution in [0.3, 0.4) is 0 Å². The number of hydrogen-bond donors (Lipinski definition) is 3. The van der Waals surface area contributed by atoms with Crippen LogP contribution in [0.5, 0.6) is 5.75 Å². The molecule has 1 aliphatic heterocycles. The maximum atomic E-state index is 10.8. The number of benzene rings is 1. The second-order valence-electron chi connectivity index (χ2n) is 10.8. The molecule has 0 unspecified atom stereocenters. The first-order chi connectivity index (χ1) is 16.5. The molecule has 0 radical (unpaired) electrons. The number of amidine groups is 1. The molecule has 3 heterocycles. The number of nitrogens with one attached hydrogen (secondary N) is 2. The minimum atomic E-state index is 0.0579. The van der Waals surface area contributed by atoms with Crippen LogP contribution in [0.1, 0.15) is 66.4 Å². The van der Waals surface area contributed by atoms with E-state index in [0.29, 0.717) is 23.7 Å². The summed E-state index contributed by atoms with van der Waals surface area (Å²) in [6.07, 6.45) is 6.23. The van der Waals surface area contributed by atoms with Gasteiger partial charge in [0.05, 0.1) is 17.6 Å². The van der Waals surface area contributed by atoms with Gasteiger partial charge in [-0.3, -0.25) is 0 Å². The minimum Gasteiger partial charge on any atom is -0.507 e. The third-order valence-corrected chi connectivity index (χ3v) is 6.74. The number of aromatic nitrogens is 3. The lowest BCUT2D eigenvalue weighted by molar-refractivity contribution is 0.113. The number of fused-ring (bicyclic) bond motifs is 1. The van der Waals surface area contributed by atoms with Crippen molar-refractivity contribution in [2.24, 2.45) is 10.2 Å². The van der Waals surface area contributed by atoms with Gasteiger partial charge in [-0.1, -0.05) is 13.0 Å². The molecule has 0 bridgehead atoms. The van der Waals surface area contributed by atoms with E-state index in [2.05, 4.69) is 70.1 Å². The number of piperidine rings is 1. The van der Waals surface area contributed by atoms with E-state index in [-0.39, 0.29) is 16.8 Å². The van der Waals surface area contributed by atoms with Crippen molar-refractivity contribution >= 4 is 22.7 Å². The van der Waals surface area contributed by atoms with Gasteiger partial charge in [-0.25, -0.2) is 9.97 Å². The van der Waals surface area contributed by atoms with Crippen molar-refractivity contribution < 1.29 is 5.11 Å². The number of rotatable bonds is 5. The lowest BCUT2D eigenvalue weighted by Gasteiger charge is -2.49. The molecule has 0 aliphatic carbocycles. The van der Waals surface area contributed by atoms with E-state index >= 15 is 0 Å². The molecule has 3 aromatic rings. The topological polar surface area (TPSA) is 102 Å². The Hall–Kier alpha value is -3.26. The molecule has 0 spiro atoms. The van der Waals surface area contributed by atoms with Crippen LogP contribution in [0.2, 0.25) is 0 Å². The molecule has 8 heteroatoms. The Bertz CT molecular complexity index is 1260. The molecule has 0 saturated carbocycles. The summed E-state index contributed by atoms with van der Waals surface area (Å²) in [6.45, 7) is 13.0. The summed E-state index contributed by atoms with van der Waals surface area (Å²) in [7, 11) is 2.09. The Labute approximate surface area is 207 Å². The van der Waals surface area contributed by atoms with Gasteiger partial charge in [-0.2, -0.15) is 5.10 Å². The minimum absolute atomic E-state index is 0.0579. The van der Waals surface area contributed by atoms with E-state index in [4.69, 9.17) is 0 Å². The Morgan fingerprint density at radius 3 is 2.51 bits per heavy atom. The average Bonchev–Trinajstić information content (AvgIpc) is 3.25. The van der Waals surface area contributed by atoms with Gasteiger partial charge in [-0.05, 0) is 72.1 Å². The number of nitrogens with zero attached hydrogens (tertiary/aromatic N) is 5. The highest BCUT2D eigenvalue weighted by Gasteiger charge is 2.39. The molecule has 35 heavy (non-hydrogen) atoms. The summed E-state index contributed by atoms with van der Waals surface area (Å²) in [5.74, 6) is 1.02. The van der Waals surface area contributed by atoms with Crippen LogP contribution in [-0.2, 0) is 0 Å². The van der Waals surface area contributed by atoms with E-state index in [0.717, 1.165) is 41.1 Å². The normalized spacial score (nSPS) is 18.7. The molecule has 2 aromatic heterocycles. The zero-order valence-corrected chi connectivity index (χ0v) is 21.8. The Morgan fingerprint density at radius 2 is 1.86 bits per heavy atom. The highest BCUT2D eigenvalue weighted by molar-refractivity contribution is 6.03. The second-order valence-corrected chi connectivity index (χ2v) is 10.8. The van der Waals surface area contributed by atoms with Crippen molar-refractivity contribution in [3.8, 4) is 17.0 Å².